The number of amides is 1. The molecule has 1 N–H and O–H groups in total. The quantitative estimate of drug-likeness (QED) is 0.802. The van der Waals surface area contributed by atoms with E-state index in [-0.39, 0.29) is 11.8 Å². The number of nitrogens with zero attached hydrogens (tertiary/aromatic N) is 1. The maximum absolute atomic E-state index is 11.5. The predicted octanol–water partition coefficient (Wildman–Crippen LogP) is 0.713. The summed E-state index contributed by atoms with van der Waals surface area (Å²) in [6, 6.07) is 11.0. The van der Waals surface area contributed by atoms with Crippen molar-refractivity contribution in [1.82, 2.24) is 4.90 Å². The van der Waals surface area contributed by atoms with Crippen molar-refractivity contribution in [2.45, 2.75) is 13.0 Å². The van der Waals surface area contributed by atoms with Gasteiger partial charge in [0.05, 0.1) is 26.2 Å². The highest BCUT2D eigenvalue weighted by molar-refractivity contribution is 6.27. The van der Waals surface area contributed by atoms with Crippen LogP contribution in [0.3, 0.4) is 0 Å². The van der Waals surface area contributed by atoms with Crippen LogP contribution in [0.1, 0.15) is 18.5 Å². The number of alkyl halides is 1. The highest BCUT2D eigenvalue weighted by Gasteiger charge is 2.27. The third-order valence-corrected chi connectivity index (χ3v) is 4.01. The Morgan fingerprint density at radius 1 is 1.33 bits per heavy atom. The van der Waals surface area contributed by atoms with E-state index < -0.39 is 0 Å². The minimum atomic E-state index is 0.0584. The van der Waals surface area contributed by atoms with Gasteiger partial charge in [-0.25, -0.2) is 0 Å². The summed E-state index contributed by atoms with van der Waals surface area (Å²) < 4.78 is 0. The Morgan fingerprint density at radius 3 is 2.50 bits per heavy atom. The van der Waals surface area contributed by atoms with Gasteiger partial charge in [-0.2, -0.15) is 0 Å². The van der Waals surface area contributed by atoms with Gasteiger partial charge in [-0.05, 0) is 6.92 Å². The zero-order chi connectivity index (χ0) is 13.0. The van der Waals surface area contributed by atoms with Crippen LogP contribution >= 0.6 is 11.6 Å². The summed E-state index contributed by atoms with van der Waals surface area (Å²) in [5.41, 5.74) is 1.37. The van der Waals surface area contributed by atoms with Crippen LogP contribution in [0, 0.1) is 0 Å². The minimum absolute atomic E-state index is 0.0584. The third-order valence-electron chi connectivity index (χ3n) is 3.78. The van der Waals surface area contributed by atoms with Crippen molar-refractivity contribution in [3.05, 3.63) is 35.9 Å². The van der Waals surface area contributed by atoms with Gasteiger partial charge >= 0.3 is 0 Å². The first-order valence-electron chi connectivity index (χ1n) is 6.45. The lowest BCUT2D eigenvalue weighted by atomic mass is 10.1. The molecule has 1 atom stereocenters. The Bertz CT molecular complexity index is 388. The zero-order valence-electron chi connectivity index (χ0n) is 10.7. The molecular formula is C14H20ClN2O+. The largest absolute Gasteiger partial charge is 0.330 e. The van der Waals surface area contributed by atoms with Gasteiger partial charge in [0.25, 0.3) is 0 Å². The van der Waals surface area contributed by atoms with E-state index in [0.29, 0.717) is 6.04 Å². The molecule has 98 valence electrons. The summed E-state index contributed by atoms with van der Waals surface area (Å²) >= 11 is 5.58. The maximum Gasteiger partial charge on any atom is 0.237 e. The molecule has 2 rings (SSSR count). The lowest BCUT2D eigenvalue weighted by Crippen LogP contribution is -3.14. The summed E-state index contributed by atoms with van der Waals surface area (Å²) in [6.07, 6.45) is 0. The van der Waals surface area contributed by atoms with E-state index in [1.54, 1.807) is 4.90 Å². The van der Waals surface area contributed by atoms with Crippen molar-refractivity contribution in [3.63, 3.8) is 0 Å². The van der Waals surface area contributed by atoms with Crippen molar-refractivity contribution >= 4 is 17.5 Å². The average molecular weight is 268 g/mol. The van der Waals surface area contributed by atoms with E-state index in [4.69, 9.17) is 11.6 Å². The molecule has 0 saturated carbocycles. The lowest BCUT2D eigenvalue weighted by Gasteiger charge is -2.35. The van der Waals surface area contributed by atoms with Crippen LogP contribution in [-0.4, -0.2) is 42.9 Å². The molecule has 1 heterocycles. The third kappa shape index (κ3) is 3.03. The van der Waals surface area contributed by atoms with Gasteiger partial charge in [0.1, 0.15) is 11.9 Å². The van der Waals surface area contributed by atoms with Crippen molar-refractivity contribution < 1.29 is 9.69 Å². The van der Waals surface area contributed by atoms with Gasteiger partial charge in [-0.1, -0.05) is 30.3 Å². The topological polar surface area (TPSA) is 24.8 Å². The number of rotatable bonds is 3. The Labute approximate surface area is 113 Å². The van der Waals surface area contributed by atoms with Gasteiger partial charge in [0.2, 0.25) is 5.91 Å². The summed E-state index contributed by atoms with van der Waals surface area (Å²) in [7, 11) is 0. The van der Waals surface area contributed by atoms with Crippen molar-refractivity contribution in [2.75, 3.05) is 32.1 Å². The SMILES string of the molecule is C[C@H](c1ccccc1)[NH+]1CCN(C(=O)CCl)CC1. The molecule has 1 saturated heterocycles. The van der Waals surface area contributed by atoms with Crippen LogP contribution in [0.15, 0.2) is 30.3 Å². The molecule has 3 nitrogen and oxygen atoms in total. The molecule has 1 aromatic rings. The second-order valence-corrected chi connectivity index (χ2v) is 5.07. The van der Waals surface area contributed by atoms with Crippen molar-refractivity contribution in [1.29, 1.82) is 0 Å². The Kier molecular flexibility index (Phi) is 4.61. The number of hydrogen-bond acceptors (Lipinski definition) is 1. The Hall–Kier alpha value is -1.06. The zero-order valence-corrected chi connectivity index (χ0v) is 11.5. The standard InChI is InChI=1S/C14H19ClN2O/c1-12(13-5-3-2-4-6-13)16-7-9-17(10-8-16)14(18)11-15/h2-6,12H,7-11H2,1H3/p+1/t12-/m1/s1. The van der Waals surface area contributed by atoms with E-state index in [2.05, 4.69) is 31.2 Å². The van der Waals surface area contributed by atoms with Crippen LogP contribution in [0.2, 0.25) is 0 Å². The summed E-state index contributed by atoms with van der Waals surface area (Å²) in [6.45, 7) is 5.89. The van der Waals surface area contributed by atoms with Gasteiger partial charge < -0.3 is 9.80 Å². The fourth-order valence-electron chi connectivity index (χ4n) is 2.54. The first-order valence-corrected chi connectivity index (χ1v) is 6.99. The van der Waals surface area contributed by atoms with Gasteiger partial charge in [0.15, 0.2) is 0 Å². The smallest absolute Gasteiger partial charge is 0.237 e. The average Bonchev–Trinajstić information content (AvgIpc) is 2.47. The number of hydrogen-bond donors (Lipinski definition) is 1. The molecule has 0 unspecified atom stereocenters. The Morgan fingerprint density at radius 2 is 1.94 bits per heavy atom. The number of benzene rings is 1. The molecule has 0 spiro atoms. The number of nitrogens with one attached hydrogen (secondary N) is 1. The fraction of sp³-hybridized carbons (Fsp3) is 0.500. The van der Waals surface area contributed by atoms with E-state index in [9.17, 15) is 4.79 Å². The van der Waals surface area contributed by atoms with Crippen molar-refractivity contribution in [3.8, 4) is 0 Å². The first-order chi connectivity index (χ1) is 8.72. The highest BCUT2D eigenvalue weighted by Crippen LogP contribution is 2.08. The maximum atomic E-state index is 11.5. The van der Waals surface area contributed by atoms with Gasteiger partial charge in [-0.3, -0.25) is 4.79 Å². The van der Waals surface area contributed by atoms with E-state index in [1.165, 1.54) is 5.56 Å². The second kappa shape index (κ2) is 6.21. The summed E-state index contributed by atoms with van der Waals surface area (Å²) in [5.74, 6) is 0.159. The first kappa shape index (κ1) is 13.4. The molecule has 1 fully saturated rings. The van der Waals surface area contributed by atoms with E-state index in [0.717, 1.165) is 26.2 Å². The van der Waals surface area contributed by atoms with E-state index in [1.807, 2.05) is 11.0 Å². The normalized spacial score (nSPS) is 18.7. The fourth-order valence-corrected chi connectivity index (χ4v) is 2.71. The molecular weight excluding hydrogens is 248 g/mol. The van der Waals surface area contributed by atoms with Crippen molar-refractivity contribution in [2.24, 2.45) is 0 Å². The van der Waals surface area contributed by atoms with Crippen LogP contribution in [0.5, 0.6) is 0 Å². The van der Waals surface area contributed by atoms with Crippen LogP contribution in [0.25, 0.3) is 0 Å². The number of carbonyl (C=O) groups excluding carboxylic acids is 1. The van der Waals surface area contributed by atoms with E-state index >= 15 is 0 Å². The second-order valence-electron chi connectivity index (χ2n) is 4.81. The minimum Gasteiger partial charge on any atom is -0.330 e. The number of quaternary nitrogens is 1. The lowest BCUT2D eigenvalue weighted by molar-refractivity contribution is -0.933. The number of carbonyl (C=O) groups is 1. The van der Waals surface area contributed by atoms with Gasteiger partial charge in [-0.15, -0.1) is 11.6 Å². The Balaban J connectivity index is 1.92. The predicted molar refractivity (Wildman–Crippen MR) is 72.9 cm³/mol. The molecule has 0 aliphatic carbocycles. The monoisotopic (exact) mass is 267 g/mol. The highest BCUT2D eigenvalue weighted by atomic mass is 35.5. The van der Waals surface area contributed by atoms with Crippen LogP contribution in [0.4, 0.5) is 0 Å². The molecule has 0 radical (unpaired) electrons. The molecule has 4 heteroatoms. The molecule has 1 amide bonds. The number of piperazine rings is 1. The molecule has 18 heavy (non-hydrogen) atoms. The molecule has 0 bridgehead atoms. The number of halogens is 1. The molecule has 0 aromatic heterocycles. The van der Waals surface area contributed by atoms with Crippen LogP contribution < -0.4 is 4.90 Å². The summed E-state index contributed by atoms with van der Waals surface area (Å²) in [4.78, 5) is 14.9. The molecule has 1 aliphatic heterocycles. The van der Waals surface area contributed by atoms with Gasteiger partial charge in [0, 0.05) is 5.56 Å². The summed E-state index contributed by atoms with van der Waals surface area (Å²) in [5, 5.41) is 0. The molecule has 1 aliphatic rings. The van der Waals surface area contributed by atoms with Crippen LogP contribution in [-0.2, 0) is 4.79 Å². The molecule has 1 aromatic carbocycles.